The van der Waals surface area contributed by atoms with Crippen molar-refractivity contribution in [2.75, 3.05) is 28.2 Å². The summed E-state index contributed by atoms with van der Waals surface area (Å²) in [5.41, 5.74) is 0. The minimum atomic E-state index is -1.32. The predicted octanol–water partition coefficient (Wildman–Crippen LogP) is 1.23. The first-order valence-electron chi connectivity index (χ1n) is 4.95. The molecule has 0 heterocycles. The van der Waals surface area contributed by atoms with E-state index < -0.39 is 14.6 Å². The molecule has 0 radical (unpaired) electrons. The van der Waals surface area contributed by atoms with Crippen molar-refractivity contribution in [2.24, 2.45) is 3.95 Å². The van der Waals surface area contributed by atoms with Crippen molar-refractivity contribution in [3.05, 3.63) is 0 Å². The molecule has 0 rings (SSSR count). The van der Waals surface area contributed by atoms with Crippen molar-refractivity contribution in [1.82, 2.24) is 9.80 Å². The Labute approximate surface area is 87.1 Å². The van der Waals surface area contributed by atoms with Crippen LogP contribution in [0.4, 0.5) is 0 Å². The molecule has 13 heavy (non-hydrogen) atoms. The van der Waals surface area contributed by atoms with E-state index in [2.05, 4.69) is 51.8 Å². The van der Waals surface area contributed by atoms with E-state index in [-0.39, 0.29) is 0 Å². The summed E-state index contributed by atoms with van der Waals surface area (Å²) in [6.45, 7) is 4.53. The van der Waals surface area contributed by atoms with Gasteiger partial charge in [-0.05, 0) is 0 Å². The molecule has 0 saturated carbocycles. The third-order valence-electron chi connectivity index (χ3n) is 2.04. The van der Waals surface area contributed by atoms with Crippen LogP contribution in [0.15, 0.2) is 3.95 Å². The number of nitrogens with zero attached hydrogens (tertiary/aromatic N) is 3. The van der Waals surface area contributed by atoms with E-state index in [1.807, 2.05) is 0 Å². The monoisotopic (exact) mass is 247 g/mol. The maximum absolute atomic E-state index is 4.87. The molecule has 0 N–H and O–H groups in total. The Hall–Kier alpha value is -0.187. The van der Waals surface area contributed by atoms with Gasteiger partial charge in [-0.3, -0.25) is 0 Å². The number of hydrogen-bond donors (Lipinski definition) is 0. The Morgan fingerprint density at radius 3 is 1.62 bits per heavy atom. The van der Waals surface area contributed by atoms with Gasteiger partial charge in [-0.2, -0.15) is 0 Å². The van der Waals surface area contributed by atoms with Gasteiger partial charge < -0.3 is 0 Å². The number of hydrogen-bond acceptors (Lipinski definition) is 1. The first-order valence-corrected chi connectivity index (χ1v) is 9.46. The molecule has 0 atom stereocenters. The molecule has 0 aromatic heterocycles. The van der Waals surface area contributed by atoms with Crippen molar-refractivity contribution in [3.8, 4) is 0 Å². The quantitative estimate of drug-likeness (QED) is 0.423. The molecule has 0 aliphatic carbocycles. The van der Waals surface area contributed by atoms with Crippen molar-refractivity contribution in [2.45, 2.75) is 24.4 Å². The van der Waals surface area contributed by atoms with Crippen LogP contribution in [0, 0.1) is 0 Å². The zero-order chi connectivity index (χ0) is 10.4. The topological polar surface area (TPSA) is 18.8 Å². The van der Waals surface area contributed by atoms with Gasteiger partial charge in [0.1, 0.15) is 0 Å². The second kappa shape index (κ2) is 6.29. The van der Waals surface area contributed by atoms with Crippen LogP contribution in [0.3, 0.4) is 0 Å². The van der Waals surface area contributed by atoms with Crippen molar-refractivity contribution in [1.29, 1.82) is 0 Å². The van der Waals surface area contributed by atoms with E-state index in [0.717, 1.165) is 5.96 Å². The molecular formula is C9H23GeN3. The van der Waals surface area contributed by atoms with E-state index >= 15 is 0 Å². The first-order chi connectivity index (χ1) is 6.02. The molecule has 0 bridgehead atoms. The fourth-order valence-corrected chi connectivity index (χ4v) is 4.90. The summed E-state index contributed by atoms with van der Waals surface area (Å²) < 4.78 is 4.87. The van der Waals surface area contributed by atoms with Crippen LogP contribution in [0.25, 0.3) is 0 Å². The molecule has 0 unspecified atom stereocenters. The summed E-state index contributed by atoms with van der Waals surface area (Å²) in [7, 11) is 8.24. The van der Waals surface area contributed by atoms with Crippen LogP contribution < -0.4 is 0 Å². The van der Waals surface area contributed by atoms with Gasteiger partial charge >= 0.3 is 86.8 Å². The fraction of sp³-hybridized carbons (Fsp3) is 0.889. The van der Waals surface area contributed by atoms with Gasteiger partial charge in [-0.1, -0.05) is 0 Å². The predicted molar refractivity (Wildman–Crippen MR) is 62.9 cm³/mol. The maximum atomic E-state index is 4.87. The van der Waals surface area contributed by atoms with Gasteiger partial charge in [-0.15, -0.1) is 0 Å². The van der Waals surface area contributed by atoms with Gasteiger partial charge in [0.05, 0.1) is 0 Å². The zero-order valence-electron chi connectivity index (χ0n) is 9.83. The fourth-order valence-electron chi connectivity index (χ4n) is 1.27. The molecular weight excluding hydrogens is 223 g/mol. The summed E-state index contributed by atoms with van der Waals surface area (Å²) in [5.74, 6) is 1.13. The van der Waals surface area contributed by atoms with E-state index in [1.165, 1.54) is 10.5 Å². The van der Waals surface area contributed by atoms with Crippen LogP contribution in [0.5, 0.6) is 0 Å². The molecule has 0 aliphatic heterocycles. The molecule has 78 valence electrons. The Morgan fingerprint density at radius 2 is 1.38 bits per heavy atom. The Balaban J connectivity index is 4.50. The number of guanidine groups is 1. The van der Waals surface area contributed by atoms with Gasteiger partial charge in [0.25, 0.3) is 0 Å². The van der Waals surface area contributed by atoms with Crippen molar-refractivity contribution < 1.29 is 0 Å². The van der Waals surface area contributed by atoms with Gasteiger partial charge in [0, 0.05) is 0 Å². The molecule has 0 saturated heterocycles. The minimum absolute atomic E-state index is 1.13. The Kier molecular flexibility index (Phi) is 6.20. The van der Waals surface area contributed by atoms with Gasteiger partial charge in [-0.25, -0.2) is 0 Å². The molecule has 0 fully saturated rings. The van der Waals surface area contributed by atoms with Gasteiger partial charge in [0.15, 0.2) is 0 Å². The molecule has 0 spiro atoms. The molecule has 0 amide bonds. The average molecular weight is 246 g/mol. The third kappa shape index (κ3) is 4.55. The summed E-state index contributed by atoms with van der Waals surface area (Å²) in [4.78, 5) is 4.20. The van der Waals surface area contributed by atoms with E-state index in [9.17, 15) is 0 Å². The van der Waals surface area contributed by atoms with E-state index in [1.54, 1.807) is 0 Å². The van der Waals surface area contributed by atoms with Crippen LogP contribution in [-0.4, -0.2) is 58.5 Å². The van der Waals surface area contributed by atoms with Gasteiger partial charge in [0.2, 0.25) is 0 Å². The third-order valence-corrected chi connectivity index (χ3v) is 7.25. The van der Waals surface area contributed by atoms with E-state index in [4.69, 9.17) is 3.95 Å². The van der Waals surface area contributed by atoms with E-state index in [0.29, 0.717) is 0 Å². The summed E-state index contributed by atoms with van der Waals surface area (Å²) in [5, 5.41) is 2.60. The average Bonchev–Trinajstić information content (AvgIpc) is 2.05. The van der Waals surface area contributed by atoms with Crippen LogP contribution >= 0.6 is 0 Å². The Bertz CT molecular complexity index is 152. The molecule has 0 aromatic rings. The van der Waals surface area contributed by atoms with Crippen LogP contribution in [0.2, 0.25) is 10.5 Å². The summed E-state index contributed by atoms with van der Waals surface area (Å²) >= 11 is -1.32. The SMILES string of the molecule is C[CH2][GeH]([CH2]C)[N]=C(N(C)C)N(C)C. The molecule has 4 heteroatoms. The number of rotatable bonds is 3. The molecule has 0 aliphatic rings. The second-order valence-electron chi connectivity index (χ2n) is 3.69. The van der Waals surface area contributed by atoms with Crippen molar-refractivity contribution in [3.63, 3.8) is 0 Å². The summed E-state index contributed by atoms with van der Waals surface area (Å²) in [6, 6.07) is 0. The normalized spacial score (nSPS) is 10.1. The summed E-state index contributed by atoms with van der Waals surface area (Å²) in [6.07, 6.45) is 0. The molecule has 0 aromatic carbocycles. The zero-order valence-corrected chi connectivity index (χ0v) is 12.3. The Morgan fingerprint density at radius 1 is 1.00 bits per heavy atom. The standard InChI is InChI=1S/C9H23GeN3/c1-7-10(8-2)11-9(12(3)4)13(5)6/h10H,7-8H2,1-6H3. The molecule has 3 nitrogen and oxygen atoms in total. The second-order valence-corrected chi connectivity index (χ2v) is 10.4. The van der Waals surface area contributed by atoms with Crippen molar-refractivity contribution >= 4 is 20.5 Å². The van der Waals surface area contributed by atoms with Crippen LogP contribution in [-0.2, 0) is 0 Å². The first kappa shape index (κ1) is 12.8. The van der Waals surface area contributed by atoms with Crippen LogP contribution in [0.1, 0.15) is 13.8 Å².